The molecule has 1 aromatic rings. The molecule has 0 aromatic heterocycles. The molecule has 0 saturated heterocycles. The molecule has 0 bridgehead atoms. The van der Waals surface area contributed by atoms with E-state index in [2.05, 4.69) is 0 Å². The fraction of sp³-hybridized carbons (Fsp3) is 0.462. The van der Waals surface area contributed by atoms with E-state index < -0.39 is 0 Å². The molecule has 1 aromatic carbocycles. The lowest BCUT2D eigenvalue weighted by Crippen LogP contribution is -2.39. The Balaban J connectivity index is 2.09. The number of hydrogen-bond donors (Lipinski definition) is 0. The Labute approximate surface area is 117 Å². The van der Waals surface area contributed by atoms with Gasteiger partial charge in [0.1, 0.15) is 5.75 Å². The van der Waals surface area contributed by atoms with E-state index in [0.29, 0.717) is 17.4 Å². The lowest BCUT2D eigenvalue weighted by molar-refractivity contribution is -0.121. The molecule has 0 aliphatic carbocycles. The minimum atomic E-state index is -0.0179. The van der Waals surface area contributed by atoms with Gasteiger partial charge in [0, 0.05) is 17.4 Å². The van der Waals surface area contributed by atoms with Crippen molar-refractivity contribution in [1.29, 1.82) is 0 Å². The fourth-order valence-corrected chi connectivity index (χ4v) is 2.32. The third-order valence-corrected chi connectivity index (χ3v) is 3.38. The number of anilines is 1. The van der Waals surface area contributed by atoms with Gasteiger partial charge in [0.05, 0.1) is 5.69 Å². The summed E-state index contributed by atoms with van der Waals surface area (Å²) in [5.41, 5.74) is 0.768. The summed E-state index contributed by atoms with van der Waals surface area (Å²) >= 11 is 11.6. The zero-order valence-electron chi connectivity index (χ0n) is 9.99. The van der Waals surface area contributed by atoms with Crippen LogP contribution in [0, 0.1) is 0 Å². The molecule has 18 heavy (non-hydrogen) atoms. The molecular formula is C13H15Cl2NO2. The predicted molar refractivity (Wildman–Crippen MR) is 73.9 cm³/mol. The first-order valence-corrected chi connectivity index (χ1v) is 6.92. The Kier molecular flexibility index (Phi) is 4.72. The molecule has 2 rings (SSSR count). The summed E-state index contributed by atoms with van der Waals surface area (Å²) < 4.78 is 5.38. The highest BCUT2D eigenvalue weighted by Gasteiger charge is 2.25. The number of carbonyl (C=O) groups is 1. The standard InChI is InChI=1S/C13H15Cl2NO2/c14-6-2-1-3-7-16-11-8-10(15)4-5-12(11)18-9-13(16)17/h4-5,8H,1-3,6-7,9H2. The third kappa shape index (κ3) is 3.09. The molecule has 1 aliphatic heterocycles. The van der Waals surface area contributed by atoms with Crippen molar-refractivity contribution in [3.05, 3.63) is 23.2 Å². The number of rotatable bonds is 5. The number of amides is 1. The summed E-state index contributed by atoms with van der Waals surface area (Å²) in [5, 5.41) is 0.609. The molecule has 0 N–H and O–H groups in total. The van der Waals surface area contributed by atoms with Crippen LogP contribution in [0.4, 0.5) is 5.69 Å². The number of ether oxygens (including phenoxy) is 1. The van der Waals surface area contributed by atoms with Gasteiger partial charge in [-0.15, -0.1) is 11.6 Å². The van der Waals surface area contributed by atoms with Crippen LogP contribution in [-0.2, 0) is 4.79 Å². The van der Waals surface area contributed by atoms with Crippen LogP contribution < -0.4 is 9.64 Å². The highest BCUT2D eigenvalue weighted by atomic mass is 35.5. The highest BCUT2D eigenvalue weighted by Crippen LogP contribution is 2.34. The Bertz CT molecular complexity index is 437. The van der Waals surface area contributed by atoms with Crippen molar-refractivity contribution in [2.45, 2.75) is 19.3 Å². The molecule has 0 unspecified atom stereocenters. The maximum atomic E-state index is 11.9. The zero-order chi connectivity index (χ0) is 13.0. The lowest BCUT2D eigenvalue weighted by Gasteiger charge is -2.29. The van der Waals surface area contributed by atoms with Gasteiger partial charge < -0.3 is 9.64 Å². The number of unbranched alkanes of at least 4 members (excludes halogenated alkanes) is 2. The quantitative estimate of drug-likeness (QED) is 0.613. The number of carbonyl (C=O) groups excluding carboxylic acids is 1. The van der Waals surface area contributed by atoms with Crippen LogP contribution in [0.15, 0.2) is 18.2 Å². The normalized spacial score (nSPS) is 14.3. The van der Waals surface area contributed by atoms with E-state index in [0.717, 1.165) is 30.7 Å². The number of fused-ring (bicyclic) bond motifs is 1. The van der Waals surface area contributed by atoms with E-state index in [-0.39, 0.29) is 12.5 Å². The topological polar surface area (TPSA) is 29.5 Å². The van der Waals surface area contributed by atoms with Crippen LogP contribution >= 0.6 is 23.2 Å². The monoisotopic (exact) mass is 287 g/mol. The Morgan fingerprint density at radius 2 is 2.11 bits per heavy atom. The second kappa shape index (κ2) is 6.30. The smallest absolute Gasteiger partial charge is 0.265 e. The average molecular weight is 288 g/mol. The minimum absolute atomic E-state index is 0.0179. The maximum absolute atomic E-state index is 11.9. The number of alkyl halides is 1. The summed E-state index contributed by atoms with van der Waals surface area (Å²) in [6.45, 7) is 0.788. The molecule has 1 aliphatic rings. The van der Waals surface area contributed by atoms with Crippen LogP contribution in [0.3, 0.4) is 0 Å². The molecule has 0 atom stereocenters. The van der Waals surface area contributed by atoms with E-state index in [1.807, 2.05) is 0 Å². The first kappa shape index (κ1) is 13.5. The Hall–Kier alpha value is -0.930. The average Bonchev–Trinajstić information content (AvgIpc) is 2.36. The molecule has 5 heteroatoms. The van der Waals surface area contributed by atoms with Crippen LogP contribution in [0.25, 0.3) is 0 Å². The zero-order valence-corrected chi connectivity index (χ0v) is 11.5. The molecule has 1 heterocycles. The molecule has 0 radical (unpaired) electrons. The summed E-state index contributed by atoms with van der Waals surface area (Å²) in [5.74, 6) is 1.37. The van der Waals surface area contributed by atoms with Gasteiger partial charge in [-0.25, -0.2) is 0 Å². The van der Waals surface area contributed by atoms with Gasteiger partial charge in [-0.2, -0.15) is 0 Å². The lowest BCUT2D eigenvalue weighted by atomic mass is 10.2. The molecule has 0 spiro atoms. The first-order valence-electron chi connectivity index (χ1n) is 6.01. The van der Waals surface area contributed by atoms with Gasteiger partial charge in [0.2, 0.25) is 0 Å². The molecular weight excluding hydrogens is 273 g/mol. The van der Waals surface area contributed by atoms with Crippen molar-refractivity contribution < 1.29 is 9.53 Å². The van der Waals surface area contributed by atoms with Crippen molar-refractivity contribution in [3.63, 3.8) is 0 Å². The SMILES string of the molecule is O=C1COc2ccc(Cl)cc2N1CCCCCCl. The summed E-state index contributed by atoms with van der Waals surface area (Å²) in [4.78, 5) is 13.6. The third-order valence-electron chi connectivity index (χ3n) is 2.88. The van der Waals surface area contributed by atoms with Crippen molar-refractivity contribution in [3.8, 4) is 5.75 Å². The molecule has 3 nitrogen and oxygen atoms in total. The second-order valence-electron chi connectivity index (χ2n) is 4.20. The van der Waals surface area contributed by atoms with Gasteiger partial charge in [-0.1, -0.05) is 18.0 Å². The van der Waals surface area contributed by atoms with Crippen molar-refractivity contribution >= 4 is 34.8 Å². The van der Waals surface area contributed by atoms with E-state index in [9.17, 15) is 4.79 Å². The Morgan fingerprint density at radius 3 is 2.89 bits per heavy atom. The number of halogens is 2. The number of hydrogen-bond acceptors (Lipinski definition) is 2. The van der Waals surface area contributed by atoms with Crippen molar-refractivity contribution in [2.24, 2.45) is 0 Å². The Morgan fingerprint density at radius 1 is 1.28 bits per heavy atom. The van der Waals surface area contributed by atoms with Crippen LogP contribution in [0.2, 0.25) is 5.02 Å². The number of benzene rings is 1. The van der Waals surface area contributed by atoms with Gasteiger partial charge in [-0.3, -0.25) is 4.79 Å². The van der Waals surface area contributed by atoms with Gasteiger partial charge in [-0.05, 0) is 31.0 Å². The first-order chi connectivity index (χ1) is 8.72. The molecule has 0 fully saturated rings. The molecule has 1 amide bonds. The molecule has 98 valence electrons. The van der Waals surface area contributed by atoms with Crippen LogP contribution in [0.5, 0.6) is 5.75 Å². The predicted octanol–water partition coefficient (Wildman–Crippen LogP) is 3.47. The summed E-state index contributed by atoms with van der Waals surface area (Å²) in [6, 6.07) is 5.34. The minimum Gasteiger partial charge on any atom is -0.482 e. The summed E-state index contributed by atoms with van der Waals surface area (Å²) in [7, 11) is 0. The maximum Gasteiger partial charge on any atom is 0.265 e. The van der Waals surface area contributed by atoms with Gasteiger partial charge in [0.15, 0.2) is 6.61 Å². The number of nitrogens with zero attached hydrogens (tertiary/aromatic N) is 1. The summed E-state index contributed by atoms with van der Waals surface area (Å²) in [6.07, 6.45) is 2.93. The van der Waals surface area contributed by atoms with Gasteiger partial charge in [0.25, 0.3) is 5.91 Å². The molecule has 0 saturated carbocycles. The van der Waals surface area contributed by atoms with Crippen molar-refractivity contribution in [2.75, 3.05) is 23.9 Å². The van der Waals surface area contributed by atoms with Gasteiger partial charge >= 0.3 is 0 Å². The van der Waals surface area contributed by atoms with Crippen molar-refractivity contribution in [1.82, 2.24) is 0 Å². The highest BCUT2D eigenvalue weighted by molar-refractivity contribution is 6.31. The second-order valence-corrected chi connectivity index (χ2v) is 5.01. The van der Waals surface area contributed by atoms with Crippen LogP contribution in [-0.4, -0.2) is 24.9 Å². The van der Waals surface area contributed by atoms with E-state index in [1.54, 1.807) is 23.1 Å². The largest absolute Gasteiger partial charge is 0.482 e. The van der Waals surface area contributed by atoms with Crippen LogP contribution in [0.1, 0.15) is 19.3 Å². The van der Waals surface area contributed by atoms with E-state index >= 15 is 0 Å². The van der Waals surface area contributed by atoms with E-state index in [4.69, 9.17) is 27.9 Å². The van der Waals surface area contributed by atoms with E-state index in [1.165, 1.54) is 0 Å². The fourth-order valence-electron chi connectivity index (χ4n) is 1.96.